The highest BCUT2D eigenvalue weighted by Crippen LogP contribution is 2.26. The van der Waals surface area contributed by atoms with Crippen LogP contribution in [0.2, 0.25) is 0 Å². The Balaban J connectivity index is 1.91. The molecule has 1 N–H and O–H groups in total. The average Bonchev–Trinajstić information content (AvgIpc) is 3.08. The number of rotatable bonds is 4. The van der Waals surface area contributed by atoms with Gasteiger partial charge in [0.05, 0.1) is 11.6 Å². The molecule has 0 aliphatic heterocycles. The number of carbonyl (C=O) groups excluding carboxylic acids is 1. The van der Waals surface area contributed by atoms with Crippen molar-refractivity contribution >= 4 is 17.2 Å². The van der Waals surface area contributed by atoms with Crippen LogP contribution in [0.15, 0.2) is 72.1 Å². The van der Waals surface area contributed by atoms with Gasteiger partial charge in [0.2, 0.25) is 0 Å². The van der Waals surface area contributed by atoms with Crippen molar-refractivity contribution in [2.24, 2.45) is 0 Å². The summed E-state index contributed by atoms with van der Waals surface area (Å²) in [7, 11) is 0. The van der Waals surface area contributed by atoms with Crippen LogP contribution in [0.25, 0.3) is 0 Å². The molecule has 1 amide bonds. The van der Waals surface area contributed by atoms with Gasteiger partial charge in [0, 0.05) is 4.88 Å². The van der Waals surface area contributed by atoms with Gasteiger partial charge in [0.25, 0.3) is 5.91 Å². The summed E-state index contributed by atoms with van der Waals surface area (Å²) in [6.07, 6.45) is 0. The molecule has 0 bridgehead atoms. The zero-order valence-electron chi connectivity index (χ0n) is 11.7. The summed E-state index contributed by atoms with van der Waals surface area (Å²) in [5, 5.41) is 4.88. The van der Waals surface area contributed by atoms with E-state index in [0.717, 1.165) is 10.4 Å². The van der Waals surface area contributed by atoms with Gasteiger partial charge in [-0.3, -0.25) is 4.79 Å². The van der Waals surface area contributed by atoms with Crippen molar-refractivity contribution in [3.05, 3.63) is 93.9 Å². The molecule has 0 aliphatic rings. The molecular weight excluding hydrogens is 297 g/mol. The molecule has 1 unspecified atom stereocenters. The normalized spacial score (nSPS) is 11.9. The van der Waals surface area contributed by atoms with Gasteiger partial charge in [0.15, 0.2) is 0 Å². The van der Waals surface area contributed by atoms with Crippen LogP contribution in [-0.4, -0.2) is 5.91 Å². The molecule has 3 rings (SSSR count). The lowest BCUT2D eigenvalue weighted by Crippen LogP contribution is -2.29. The van der Waals surface area contributed by atoms with Crippen LogP contribution in [0.1, 0.15) is 26.8 Å². The summed E-state index contributed by atoms with van der Waals surface area (Å²) in [6.45, 7) is 0. The first-order chi connectivity index (χ1) is 10.8. The Morgan fingerprint density at radius 3 is 2.36 bits per heavy atom. The predicted molar refractivity (Wildman–Crippen MR) is 86.5 cm³/mol. The molecule has 4 heteroatoms. The molecule has 0 fully saturated rings. The van der Waals surface area contributed by atoms with Gasteiger partial charge < -0.3 is 5.32 Å². The quantitative estimate of drug-likeness (QED) is 0.760. The zero-order chi connectivity index (χ0) is 15.4. The van der Waals surface area contributed by atoms with Crippen LogP contribution < -0.4 is 5.32 Å². The number of thiophene rings is 1. The Morgan fingerprint density at radius 1 is 0.955 bits per heavy atom. The van der Waals surface area contributed by atoms with E-state index in [0.29, 0.717) is 0 Å². The van der Waals surface area contributed by atoms with E-state index < -0.39 is 11.7 Å². The summed E-state index contributed by atoms with van der Waals surface area (Å²) in [6, 6.07) is 19.3. The van der Waals surface area contributed by atoms with Gasteiger partial charge in [-0.15, -0.1) is 11.3 Å². The van der Waals surface area contributed by atoms with Crippen molar-refractivity contribution in [2.45, 2.75) is 6.04 Å². The van der Waals surface area contributed by atoms with Gasteiger partial charge in [-0.1, -0.05) is 48.5 Å². The van der Waals surface area contributed by atoms with E-state index in [1.54, 1.807) is 23.5 Å². The van der Waals surface area contributed by atoms with Crippen LogP contribution >= 0.6 is 11.3 Å². The molecule has 1 aromatic heterocycles. The lowest BCUT2D eigenvalue weighted by molar-refractivity contribution is 0.0939. The number of amides is 1. The van der Waals surface area contributed by atoms with Gasteiger partial charge in [-0.2, -0.15) is 0 Å². The average molecular weight is 311 g/mol. The molecule has 2 aromatic carbocycles. The van der Waals surface area contributed by atoms with Crippen molar-refractivity contribution in [3.63, 3.8) is 0 Å². The van der Waals surface area contributed by atoms with Crippen molar-refractivity contribution < 1.29 is 9.18 Å². The lowest BCUT2D eigenvalue weighted by Gasteiger charge is -2.18. The highest BCUT2D eigenvalue weighted by Gasteiger charge is 2.20. The first kappa shape index (κ1) is 14.5. The molecule has 0 saturated carbocycles. The summed E-state index contributed by atoms with van der Waals surface area (Å²) in [4.78, 5) is 13.4. The Hall–Kier alpha value is -2.46. The van der Waals surface area contributed by atoms with E-state index in [-0.39, 0.29) is 11.6 Å². The summed E-state index contributed by atoms with van der Waals surface area (Å²) >= 11 is 1.56. The number of carbonyl (C=O) groups is 1. The second-order valence-corrected chi connectivity index (χ2v) is 5.79. The third-order valence-electron chi connectivity index (χ3n) is 3.35. The molecule has 3 aromatic rings. The van der Waals surface area contributed by atoms with Gasteiger partial charge in [-0.25, -0.2) is 4.39 Å². The largest absolute Gasteiger partial charge is 0.340 e. The van der Waals surface area contributed by atoms with Gasteiger partial charge in [0.1, 0.15) is 5.82 Å². The number of benzene rings is 2. The number of hydrogen-bond donors (Lipinski definition) is 1. The van der Waals surface area contributed by atoms with Crippen LogP contribution in [-0.2, 0) is 0 Å². The number of nitrogens with one attached hydrogen (secondary N) is 1. The third kappa shape index (κ3) is 3.07. The molecular formula is C18H14FNOS. The van der Waals surface area contributed by atoms with Crippen LogP contribution in [0, 0.1) is 5.82 Å². The molecule has 2 nitrogen and oxygen atoms in total. The molecule has 1 heterocycles. The summed E-state index contributed by atoms with van der Waals surface area (Å²) in [5.41, 5.74) is 1.02. The molecule has 110 valence electrons. The third-order valence-corrected chi connectivity index (χ3v) is 4.29. The lowest BCUT2D eigenvalue weighted by atomic mass is 10.0. The molecule has 0 radical (unpaired) electrons. The minimum Gasteiger partial charge on any atom is -0.340 e. The van der Waals surface area contributed by atoms with Crippen molar-refractivity contribution in [1.82, 2.24) is 5.32 Å². The number of halogens is 1. The van der Waals surface area contributed by atoms with Crippen LogP contribution in [0.3, 0.4) is 0 Å². The highest BCUT2D eigenvalue weighted by molar-refractivity contribution is 7.10. The number of hydrogen-bond acceptors (Lipinski definition) is 2. The van der Waals surface area contributed by atoms with Crippen molar-refractivity contribution in [1.29, 1.82) is 0 Å². The molecule has 0 aliphatic carbocycles. The fraction of sp³-hybridized carbons (Fsp3) is 0.0556. The predicted octanol–water partition coefficient (Wildman–Crippen LogP) is 4.41. The van der Waals surface area contributed by atoms with Gasteiger partial charge in [-0.05, 0) is 29.1 Å². The Labute approximate surface area is 132 Å². The van der Waals surface area contributed by atoms with E-state index in [4.69, 9.17) is 0 Å². The first-order valence-electron chi connectivity index (χ1n) is 6.89. The Kier molecular flexibility index (Phi) is 4.30. The topological polar surface area (TPSA) is 29.1 Å². The Morgan fingerprint density at radius 2 is 1.68 bits per heavy atom. The van der Waals surface area contributed by atoms with E-state index in [9.17, 15) is 9.18 Å². The fourth-order valence-electron chi connectivity index (χ4n) is 2.27. The Bertz CT molecular complexity index is 756. The fourth-order valence-corrected chi connectivity index (χ4v) is 3.08. The van der Waals surface area contributed by atoms with E-state index in [1.165, 1.54) is 12.1 Å². The minimum atomic E-state index is -0.516. The molecule has 0 spiro atoms. The standard InChI is InChI=1S/C18H14FNOS/c19-15-10-5-4-9-14(15)18(21)20-17(16-11-6-12-22-16)13-7-2-1-3-8-13/h1-12,17H,(H,20,21). The van der Waals surface area contributed by atoms with E-state index >= 15 is 0 Å². The summed E-state index contributed by atoms with van der Waals surface area (Å²) in [5.74, 6) is -0.932. The maximum Gasteiger partial charge on any atom is 0.255 e. The second kappa shape index (κ2) is 6.54. The smallest absolute Gasteiger partial charge is 0.255 e. The minimum absolute atomic E-state index is 0.0555. The van der Waals surface area contributed by atoms with E-state index in [2.05, 4.69) is 5.32 Å². The van der Waals surface area contributed by atoms with Crippen molar-refractivity contribution in [2.75, 3.05) is 0 Å². The van der Waals surface area contributed by atoms with Crippen molar-refractivity contribution in [3.8, 4) is 0 Å². The van der Waals surface area contributed by atoms with Crippen LogP contribution in [0.4, 0.5) is 4.39 Å². The van der Waals surface area contributed by atoms with Gasteiger partial charge >= 0.3 is 0 Å². The summed E-state index contributed by atoms with van der Waals surface area (Å²) < 4.78 is 13.8. The van der Waals surface area contributed by atoms with E-state index in [1.807, 2.05) is 47.8 Å². The molecule has 22 heavy (non-hydrogen) atoms. The first-order valence-corrected chi connectivity index (χ1v) is 7.77. The molecule has 0 saturated heterocycles. The highest BCUT2D eigenvalue weighted by atomic mass is 32.1. The molecule has 1 atom stereocenters. The maximum absolute atomic E-state index is 13.8. The monoisotopic (exact) mass is 311 g/mol. The zero-order valence-corrected chi connectivity index (χ0v) is 12.5. The SMILES string of the molecule is O=C(NC(c1ccccc1)c1cccs1)c1ccccc1F. The second-order valence-electron chi connectivity index (χ2n) is 4.81. The van der Waals surface area contributed by atoms with Crippen LogP contribution in [0.5, 0.6) is 0 Å². The maximum atomic E-state index is 13.8.